The molecule has 1 amide bonds. The van der Waals surface area contributed by atoms with Crippen LogP contribution >= 0.6 is 12.4 Å². The number of amides is 1. The van der Waals surface area contributed by atoms with E-state index in [0.717, 1.165) is 25.2 Å². The number of nitrogens with one attached hydrogen (secondary N) is 2. The van der Waals surface area contributed by atoms with Gasteiger partial charge in [0.25, 0.3) is 0 Å². The second-order valence-electron chi connectivity index (χ2n) is 4.55. The van der Waals surface area contributed by atoms with E-state index in [1.807, 2.05) is 12.1 Å². The molecule has 1 aliphatic heterocycles. The number of hydrogen-bond donors (Lipinski definition) is 2. The lowest BCUT2D eigenvalue weighted by atomic mass is 10.00. The summed E-state index contributed by atoms with van der Waals surface area (Å²) in [6.45, 7) is 2.92. The zero-order chi connectivity index (χ0) is 11.9. The van der Waals surface area contributed by atoms with Gasteiger partial charge in [-0.05, 0) is 43.5 Å². The lowest BCUT2D eigenvalue weighted by Gasteiger charge is -2.22. The number of pyridine rings is 1. The molecule has 2 N–H and O–H groups in total. The maximum absolute atomic E-state index is 11.7. The summed E-state index contributed by atoms with van der Waals surface area (Å²) in [7, 11) is 0. The molecule has 0 bridgehead atoms. The third-order valence-electron chi connectivity index (χ3n) is 3.07. The van der Waals surface area contributed by atoms with Crippen molar-refractivity contribution in [3.8, 4) is 0 Å². The predicted octanol–water partition coefficient (Wildman–Crippen LogP) is 1.16. The van der Waals surface area contributed by atoms with E-state index in [4.69, 9.17) is 0 Å². The first-order valence-electron chi connectivity index (χ1n) is 6.21. The van der Waals surface area contributed by atoms with Crippen LogP contribution in [-0.2, 0) is 11.2 Å². The summed E-state index contributed by atoms with van der Waals surface area (Å²) in [5.41, 5.74) is 0.965. The second kappa shape index (κ2) is 8.06. The zero-order valence-corrected chi connectivity index (χ0v) is 11.2. The quantitative estimate of drug-likeness (QED) is 0.863. The standard InChI is InChI=1S/C13H19N3O.ClH/c17-13(7-11-3-1-5-14-8-11)16-10-12-4-2-6-15-9-12;/h1,3,5,8,12,15H,2,4,6-7,9-10H2,(H,16,17);1H. The number of carbonyl (C=O) groups is 1. The summed E-state index contributed by atoms with van der Waals surface area (Å²) in [6, 6.07) is 3.78. The van der Waals surface area contributed by atoms with Gasteiger partial charge in [-0.3, -0.25) is 9.78 Å². The van der Waals surface area contributed by atoms with E-state index in [1.54, 1.807) is 12.4 Å². The largest absolute Gasteiger partial charge is 0.355 e. The molecule has 18 heavy (non-hydrogen) atoms. The van der Waals surface area contributed by atoms with Gasteiger partial charge < -0.3 is 10.6 Å². The molecule has 1 unspecified atom stereocenters. The average Bonchev–Trinajstić information content (AvgIpc) is 2.39. The predicted molar refractivity (Wildman–Crippen MR) is 73.8 cm³/mol. The van der Waals surface area contributed by atoms with E-state index in [2.05, 4.69) is 15.6 Å². The Labute approximate surface area is 114 Å². The van der Waals surface area contributed by atoms with Crippen LogP contribution in [0.4, 0.5) is 0 Å². The smallest absolute Gasteiger partial charge is 0.224 e. The number of halogens is 1. The molecule has 0 radical (unpaired) electrons. The van der Waals surface area contributed by atoms with E-state index in [9.17, 15) is 4.79 Å². The normalized spacial score (nSPS) is 18.8. The van der Waals surface area contributed by atoms with Crippen molar-refractivity contribution in [3.63, 3.8) is 0 Å². The number of carbonyl (C=O) groups excluding carboxylic acids is 1. The molecule has 1 aromatic rings. The molecule has 1 atom stereocenters. The fourth-order valence-corrected chi connectivity index (χ4v) is 2.11. The molecule has 0 saturated carbocycles. The minimum atomic E-state index is 0. The van der Waals surface area contributed by atoms with Gasteiger partial charge in [0.15, 0.2) is 0 Å². The SMILES string of the molecule is Cl.O=C(Cc1cccnc1)NCC1CCCNC1. The van der Waals surface area contributed by atoms with Crippen LogP contribution in [-0.4, -0.2) is 30.5 Å². The van der Waals surface area contributed by atoms with E-state index in [-0.39, 0.29) is 18.3 Å². The van der Waals surface area contributed by atoms with Gasteiger partial charge in [0.05, 0.1) is 6.42 Å². The number of piperidine rings is 1. The van der Waals surface area contributed by atoms with Crippen molar-refractivity contribution in [1.29, 1.82) is 0 Å². The highest BCUT2D eigenvalue weighted by Crippen LogP contribution is 2.08. The fourth-order valence-electron chi connectivity index (χ4n) is 2.11. The molecular weight excluding hydrogens is 250 g/mol. The third kappa shape index (κ3) is 5.02. The lowest BCUT2D eigenvalue weighted by Crippen LogP contribution is -2.38. The van der Waals surface area contributed by atoms with Crippen molar-refractivity contribution in [1.82, 2.24) is 15.6 Å². The van der Waals surface area contributed by atoms with Crippen LogP contribution in [0.1, 0.15) is 18.4 Å². The van der Waals surface area contributed by atoms with Gasteiger partial charge in [-0.2, -0.15) is 0 Å². The number of nitrogens with zero attached hydrogens (tertiary/aromatic N) is 1. The third-order valence-corrected chi connectivity index (χ3v) is 3.07. The van der Waals surface area contributed by atoms with Gasteiger partial charge >= 0.3 is 0 Å². The van der Waals surface area contributed by atoms with E-state index < -0.39 is 0 Å². The van der Waals surface area contributed by atoms with Crippen LogP contribution in [0.2, 0.25) is 0 Å². The zero-order valence-electron chi connectivity index (χ0n) is 10.4. The number of rotatable bonds is 4. The number of hydrogen-bond acceptors (Lipinski definition) is 3. The van der Waals surface area contributed by atoms with Crippen LogP contribution in [0, 0.1) is 5.92 Å². The minimum absolute atomic E-state index is 0. The highest BCUT2D eigenvalue weighted by molar-refractivity contribution is 5.85. The van der Waals surface area contributed by atoms with Crippen molar-refractivity contribution in [3.05, 3.63) is 30.1 Å². The molecule has 4 nitrogen and oxygen atoms in total. The van der Waals surface area contributed by atoms with Crippen LogP contribution in [0.15, 0.2) is 24.5 Å². The van der Waals surface area contributed by atoms with Gasteiger partial charge in [-0.15, -0.1) is 12.4 Å². The molecule has 0 aliphatic carbocycles. The Morgan fingerprint density at radius 2 is 2.44 bits per heavy atom. The topological polar surface area (TPSA) is 54.0 Å². The van der Waals surface area contributed by atoms with Crippen LogP contribution < -0.4 is 10.6 Å². The first-order valence-corrected chi connectivity index (χ1v) is 6.21. The second-order valence-corrected chi connectivity index (χ2v) is 4.55. The first kappa shape index (κ1) is 14.9. The Morgan fingerprint density at radius 1 is 1.56 bits per heavy atom. The Balaban J connectivity index is 0.00000162. The first-order chi connectivity index (χ1) is 8.34. The van der Waals surface area contributed by atoms with Crippen molar-refractivity contribution >= 4 is 18.3 Å². The molecule has 1 aromatic heterocycles. The summed E-state index contributed by atoms with van der Waals surface area (Å²) in [6.07, 6.45) is 6.30. The highest BCUT2D eigenvalue weighted by atomic mass is 35.5. The average molecular weight is 270 g/mol. The molecule has 100 valence electrons. The van der Waals surface area contributed by atoms with Crippen molar-refractivity contribution < 1.29 is 4.79 Å². The Morgan fingerprint density at radius 3 is 3.11 bits per heavy atom. The maximum atomic E-state index is 11.7. The molecule has 1 fully saturated rings. The molecule has 5 heteroatoms. The van der Waals surface area contributed by atoms with Crippen molar-refractivity contribution in [2.24, 2.45) is 5.92 Å². The van der Waals surface area contributed by atoms with E-state index in [0.29, 0.717) is 12.3 Å². The van der Waals surface area contributed by atoms with Gasteiger partial charge in [0.1, 0.15) is 0 Å². The minimum Gasteiger partial charge on any atom is -0.355 e. The summed E-state index contributed by atoms with van der Waals surface area (Å²) in [5, 5.41) is 6.34. The van der Waals surface area contributed by atoms with E-state index >= 15 is 0 Å². The van der Waals surface area contributed by atoms with E-state index in [1.165, 1.54) is 12.8 Å². The maximum Gasteiger partial charge on any atom is 0.224 e. The fraction of sp³-hybridized carbons (Fsp3) is 0.538. The Hall–Kier alpha value is -1.13. The Bertz CT molecular complexity index is 353. The van der Waals surface area contributed by atoms with Crippen LogP contribution in [0.25, 0.3) is 0 Å². The van der Waals surface area contributed by atoms with Crippen molar-refractivity contribution in [2.45, 2.75) is 19.3 Å². The molecule has 1 saturated heterocycles. The monoisotopic (exact) mass is 269 g/mol. The van der Waals surface area contributed by atoms with Gasteiger partial charge in [0, 0.05) is 18.9 Å². The molecule has 2 heterocycles. The molecule has 0 spiro atoms. The summed E-state index contributed by atoms with van der Waals surface area (Å²) < 4.78 is 0. The van der Waals surface area contributed by atoms with Crippen molar-refractivity contribution in [2.75, 3.05) is 19.6 Å². The van der Waals surface area contributed by atoms with Gasteiger partial charge in [-0.1, -0.05) is 6.07 Å². The highest BCUT2D eigenvalue weighted by Gasteiger charge is 2.13. The van der Waals surface area contributed by atoms with Gasteiger partial charge in [-0.25, -0.2) is 0 Å². The molecule has 2 rings (SSSR count). The molecular formula is C13H20ClN3O. The summed E-state index contributed by atoms with van der Waals surface area (Å²) in [5.74, 6) is 0.671. The van der Waals surface area contributed by atoms with Crippen LogP contribution in [0.3, 0.4) is 0 Å². The Kier molecular flexibility index (Phi) is 6.68. The number of aromatic nitrogens is 1. The van der Waals surface area contributed by atoms with Gasteiger partial charge in [0.2, 0.25) is 5.91 Å². The molecule has 1 aliphatic rings. The van der Waals surface area contributed by atoms with Crippen LogP contribution in [0.5, 0.6) is 0 Å². The summed E-state index contributed by atoms with van der Waals surface area (Å²) in [4.78, 5) is 15.7. The summed E-state index contributed by atoms with van der Waals surface area (Å²) >= 11 is 0. The lowest BCUT2D eigenvalue weighted by molar-refractivity contribution is -0.120. The molecule has 0 aromatic carbocycles.